The minimum Gasteiger partial charge on any atom is -0.345 e. The van der Waals surface area contributed by atoms with Crippen LogP contribution in [0.15, 0.2) is 0 Å². The van der Waals surface area contributed by atoms with E-state index in [2.05, 4.69) is 5.32 Å². The van der Waals surface area contributed by atoms with E-state index in [1.54, 1.807) is 0 Å². The predicted molar refractivity (Wildman–Crippen MR) is 46.8 cm³/mol. The van der Waals surface area contributed by atoms with Gasteiger partial charge in [0, 0.05) is 32.6 Å². The molecule has 1 unspecified atom stereocenters. The zero-order chi connectivity index (χ0) is 8.55. The molecule has 12 heavy (non-hydrogen) atoms. The summed E-state index contributed by atoms with van der Waals surface area (Å²) in [6.07, 6.45) is 3.41. The molecule has 1 aliphatic heterocycles. The number of carbonyl (C=O) groups excluding carboxylic acids is 1. The Balaban J connectivity index is 1.71. The van der Waals surface area contributed by atoms with Gasteiger partial charge in [0.05, 0.1) is 0 Å². The van der Waals surface area contributed by atoms with Crippen LogP contribution in [-0.4, -0.2) is 37.0 Å². The van der Waals surface area contributed by atoms with Gasteiger partial charge in [-0.2, -0.15) is 0 Å². The lowest BCUT2D eigenvalue weighted by Gasteiger charge is -2.10. The number of nitrogens with zero attached hydrogens (tertiary/aromatic N) is 1. The molecule has 0 radical (unpaired) electrons. The van der Waals surface area contributed by atoms with Crippen LogP contribution >= 0.6 is 0 Å². The van der Waals surface area contributed by atoms with E-state index in [9.17, 15) is 4.79 Å². The summed E-state index contributed by atoms with van der Waals surface area (Å²) in [6.45, 7) is 1.97. The second-order valence-corrected chi connectivity index (χ2v) is 4.03. The van der Waals surface area contributed by atoms with E-state index in [1.807, 2.05) is 11.9 Å². The monoisotopic (exact) mass is 168 g/mol. The summed E-state index contributed by atoms with van der Waals surface area (Å²) in [5, 5.41) is 3.46. The maximum Gasteiger partial charge on any atom is 0.222 e. The van der Waals surface area contributed by atoms with Gasteiger partial charge in [-0.25, -0.2) is 0 Å². The summed E-state index contributed by atoms with van der Waals surface area (Å²) in [5.41, 5.74) is 0. The van der Waals surface area contributed by atoms with Crippen molar-refractivity contribution in [1.29, 1.82) is 0 Å². The second kappa shape index (κ2) is 3.05. The van der Waals surface area contributed by atoms with Crippen molar-refractivity contribution in [1.82, 2.24) is 10.2 Å². The van der Waals surface area contributed by atoms with Gasteiger partial charge in [0.15, 0.2) is 0 Å². The van der Waals surface area contributed by atoms with Crippen molar-refractivity contribution in [3.63, 3.8) is 0 Å². The molecule has 3 nitrogen and oxygen atoms in total. The largest absolute Gasteiger partial charge is 0.345 e. The van der Waals surface area contributed by atoms with Gasteiger partial charge >= 0.3 is 0 Å². The highest BCUT2D eigenvalue weighted by molar-refractivity contribution is 5.78. The Morgan fingerprint density at radius 2 is 2.33 bits per heavy atom. The number of rotatable bonds is 3. The first-order valence-corrected chi connectivity index (χ1v) is 4.73. The zero-order valence-electron chi connectivity index (χ0n) is 7.55. The third-order valence-corrected chi connectivity index (χ3v) is 2.69. The average molecular weight is 168 g/mol. The quantitative estimate of drug-likeness (QED) is 0.653. The lowest BCUT2D eigenvalue weighted by atomic mass is 10.1. The van der Waals surface area contributed by atoms with Crippen molar-refractivity contribution in [2.45, 2.75) is 25.3 Å². The highest BCUT2D eigenvalue weighted by Gasteiger charge is 2.28. The summed E-state index contributed by atoms with van der Waals surface area (Å²) in [5.74, 6) is 0.862. The van der Waals surface area contributed by atoms with E-state index in [4.69, 9.17) is 0 Å². The topological polar surface area (TPSA) is 32.3 Å². The minimum absolute atomic E-state index is 0.303. The van der Waals surface area contributed by atoms with Crippen molar-refractivity contribution < 1.29 is 4.79 Å². The number of amides is 1. The van der Waals surface area contributed by atoms with E-state index in [0.29, 0.717) is 11.8 Å². The summed E-state index contributed by atoms with van der Waals surface area (Å²) in [7, 11) is 1.89. The van der Waals surface area contributed by atoms with Crippen LogP contribution in [0.4, 0.5) is 0 Å². The van der Waals surface area contributed by atoms with Crippen LogP contribution in [0.2, 0.25) is 0 Å². The summed E-state index contributed by atoms with van der Waals surface area (Å²) in [4.78, 5) is 13.0. The van der Waals surface area contributed by atoms with E-state index in [-0.39, 0.29) is 0 Å². The number of carbonyl (C=O) groups is 1. The number of likely N-dealkylation sites (tertiary alicyclic amines) is 1. The first-order valence-electron chi connectivity index (χ1n) is 4.73. The molecule has 0 aromatic rings. The highest BCUT2D eigenvalue weighted by atomic mass is 16.2. The van der Waals surface area contributed by atoms with Gasteiger partial charge in [0.1, 0.15) is 0 Å². The lowest BCUT2D eigenvalue weighted by Crippen LogP contribution is -2.26. The maximum absolute atomic E-state index is 11.1. The summed E-state index contributed by atoms with van der Waals surface area (Å²) < 4.78 is 0. The molecule has 1 saturated carbocycles. The zero-order valence-corrected chi connectivity index (χ0v) is 7.55. The van der Waals surface area contributed by atoms with Crippen molar-refractivity contribution in [2.75, 3.05) is 20.1 Å². The van der Waals surface area contributed by atoms with Gasteiger partial charge in [0.25, 0.3) is 0 Å². The smallest absolute Gasteiger partial charge is 0.222 e. The fraction of sp³-hybridized carbons (Fsp3) is 0.889. The van der Waals surface area contributed by atoms with Crippen molar-refractivity contribution in [3.05, 3.63) is 0 Å². The van der Waals surface area contributed by atoms with Crippen molar-refractivity contribution >= 4 is 5.91 Å². The fourth-order valence-corrected chi connectivity index (χ4v) is 1.71. The van der Waals surface area contributed by atoms with Crippen molar-refractivity contribution in [2.24, 2.45) is 5.92 Å². The first kappa shape index (κ1) is 8.05. The first-order chi connectivity index (χ1) is 5.75. The molecule has 68 valence electrons. The van der Waals surface area contributed by atoms with E-state index in [0.717, 1.165) is 25.6 Å². The van der Waals surface area contributed by atoms with Gasteiger partial charge in [-0.15, -0.1) is 0 Å². The van der Waals surface area contributed by atoms with Crippen molar-refractivity contribution in [3.8, 4) is 0 Å². The Labute approximate surface area is 73.1 Å². The Kier molecular flexibility index (Phi) is 2.05. The maximum atomic E-state index is 11.1. The molecule has 2 aliphatic rings. The van der Waals surface area contributed by atoms with Crippen LogP contribution in [0, 0.1) is 5.92 Å². The molecular weight excluding hydrogens is 152 g/mol. The van der Waals surface area contributed by atoms with Crippen LogP contribution in [0.1, 0.15) is 19.3 Å². The molecule has 1 N–H and O–H groups in total. The molecule has 1 amide bonds. The lowest BCUT2D eigenvalue weighted by molar-refractivity contribution is -0.126. The number of hydrogen-bond acceptors (Lipinski definition) is 2. The molecule has 2 fully saturated rings. The van der Waals surface area contributed by atoms with Crippen LogP contribution in [0.25, 0.3) is 0 Å². The molecule has 0 aromatic carbocycles. The Bertz CT molecular complexity index is 189. The molecule has 0 bridgehead atoms. The fourth-order valence-electron chi connectivity index (χ4n) is 1.71. The third kappa shape index (κ3) is 1.78. The predicted octanol–water partition coefficient (Wildman–Crippen LogP) is 0.217. The van der Waals surface area contributed by atoms with E-state index < -0.39 is 0 Å². The highest BCUT2D eigenvalue weighted by Crippen LogP contribution is 2.21. The molecule has 0 aromatic heterocycles. The summed E-state index contributed by atoms with van der Waals surface area (Å²) >= 11 is 0. The summed E-state index contributed by atoms with van der Waals surface area (Å²) in [6, 6.07) is 0.769. The Hall–Kier alpha value is -0.570. The van der Waals surface area contributed by atoms with Crippen LogP contribution in [0.5, 0.6) is 0 Å². The third-order valence-electron chi connectivity index (χ3n) is 2.69. The standard InChI is InChI=1S/C9H16N2O/c1-11-6-7(4-9(11)12)5-10-8-2-3-8/h7-8,10H,2-6H2,1H3. The van der Waals surface area contributed by atoms with E-state index in [1.165, 1.54) is 12.8 Å². The van der Waals surface area contributed by atoms with Crippen LogP contribution in [0.3, 0.4) is 0 Å². The number of hydrogen-bond donors (Lipinski definition) is 1. The molecule has 1 aliphatic carbocycles. The normalized spacial score (nSPS) is 29.9. The van der Waals surface area contributed by atoms with Gasteiger partial charge < -0.3 is 10.2 Å². The van der Waals surface area contributed by atoms with Gasteiger partial charge in [-0.1, -0.05) is 0 Å². The molecule has 1 heterocycles. The minimum atomic E-state index is 0.303. The number of nitrogens with one attached hydrogen (secondary N) is 1. The molecule has 3 heteroatoms. The van der Waals surface area contributed by atoms with Crippen LogP contribution < -0.4 is 5.32 Å². The van der Waals surface area contributed by atoms with E-state index >= 15 is 0 Å². The Morgan fingerprint density at radius 3 is 2.83 bits per heavy atom. The average Bonchev–Trinajstić information content (AvgIpc) is 2.78. The SMILES string of the molecule is CN1CC(CNC2CC2)CC1=O. The van der Waals surface area contributed by atoms with Gasteiger partial charge in [-0.05, 0) is 18.8 Å². The van der Waals surface area contributed by atoms with Gasteiger partial charge in [-0.3, -0.25) is 4.79 Å². The molecule has 2 rings (SSSR count). The Morgan fingerprint density at radius 1 is 1.58 bits per heavy atom. The molecule has 1 atom stereocenters. The van der Waals surface area contributed by atoms with Crippen LogP contribution in [-0.2, 0) is 4.79 Å². The molecular formula is C9H16N2O. The van der Waals surface area contributed by atoms with Gasteiger partial charge in [0.2, 0.25) is 5.91 Å². The molecule has 0 spiro atoms. The molecule has 1 saturated heterocycles. The second-order valence-electron chi connectivity index (χ2n) is 4.03.